The number of pyridine rings is 1. The Morgan fingerprint density at radius 1 is 1.26 bits per heavy atom. The first-order valence-electron chi connectivity index (χ1n) is 6.30. The van der Waals surface area contributed by atoms with E-state index in [0.29, 0.717) is 0 Å². The van der Waals surface area contributed by atoms with E-state index in [1.165, 1.54) is 5.69 Å². The minimum Gasteiger partial charge on any atom is -0.392 e. The molecule has 0 aromatic carbocycles. The van der Waals surface area contributed by atoms with Crippen LogP contribution in [0, 0.1) is 0 Å². The highest BCUT2D eigenvalue weighted by Crippen LogP contribution is 2.19. The van der Waals surface area contributed by atoms with Crippen molar-refractivity contribution >= 4 is 11.0 Å². The minimum atomic E-state index is 0.0426. The quantitative estimate of drug-likeness (QED) is 0.769. The predicted molar refractivity (Wildman–Crippen MR) is 72.6 cm³/mol. The molecule has 0 amide bonds. The van der Waals surface area contributed by atoms with E-state index in [0.717, 1.165) is 29.6 Å². The van der Waals surface area contributed by atoms with Crippen molar-refractivity contribution < 1.29 is 5.11 Å². The molecule has 0 aliphatic heterocycles. The van der Waals surface area contributed by atoms with Crippen molar-refractivity contribution in [3.05, 3.63) is 48.0 Å². The zero-order valence-corrected chi connectivity index (χ0v) is 10.8. The van der Waals surface area contributed by atoms with Gasteiger partial charge in [0.2, 0.25) is 0 Å². The molecule has 0 radical (unpaired) electrons. The van der Waals surface area contributed by atoms with Gasteiger partial charge in [-0.1, -0.05) is 0 Å². The first-order chi connectivity index (χ1) is 9.29. The van der Waals surface area contributed by atoms with Crippen molar-refractivity contribution in [1.29, 1.82) is 0 Å². The van der Waals surface area contributed by atoms with Gasteiger partial charge in [0, 0.05) is 55.2 Å². The maximum Gasteiger partial charge on any atom is 0.140 e. The third kappa shape index (κ3) is 2.13. The molecule has 3 aromatic heterocycles. The summed E-state index contributed by atoms with van der Waals surface area (Å²) in [4.78, 5) is 4.40. The molecule has 0 unspecified atom stereocenters. The number of rotatable bonds is 4. The molecule has 0 saturated carbocycles. The molecule has 3 heterocycles. The van der Waals surface area contributed by atoms with Crippen LogP contribution in [0.25, 0.3) is 11.0 Å². The van der Waals surface area contributed by atoms with Gasteiger partial charge in [0.1, 0.15) is 5.65 Å². The van der Waals surface area contributed by atoms with E-state index in [-0.39, 0.29) is 6.61 Å². The fraction of sp³-hybridized carbons (Fsp3) is 0.286. The predicted octanol–water partition coefficient (Wildman–Crippen LogP) is 1.50. The first-order valence-corrected chi connectivity index (χ1v) is 6.30. The number of hydrogen-bond acceptors (Lipinski definition) is 3. The van der Waals surface area contributed by atoms with Crippen LogP contribution in [0.3, 0.4) is 0 Å². The van der Waals surface area contributed by atoms with Crippen LogP contribution >= 0.6 is 0 Å². The lowest BCUT2D eigenvalue weighted by Gasteiger charge is -2.05. The maximum absolute atomic E-state index is 9.39. The van der Waals surface area contributed by atoms with E-state index in [4.69, 9.17) is 0 Å². The number of aromatic nitrogens is 4. The Morgan fingerprint density at radius 3 is 2.89 bits per heavy atom. The SMILES string of the molecule is Cn1nccc1CCn1cc(CO)c2cccnc21. The highest BCUT2D eigenvalue weighted by molar-refractivity contribution is 5.80. The average molecular weight is 256 g/mol. The number of fused-ring (bicyclic) bond motifs is 1. The molecule has 0 atom stereocenters. The van der Waals surface area contributed by atoms with Gasteiger partial charge in [-0.3, -0.25) is 4.68 Å². The molecular formula is C14H16N4O. The zero-order chi connectivity index (χ0) is 13.2. The number of hydrogen-bond donors (Lipinski definition) is 1. The summed E-state index contributed by atoms with van der Waals surface area (Å²) in [5.41, 5.74) is 3.03. The fourth-order valence-electron chi connectivity index (χ4n) is 2.37. The summed E-state index contributed by atoms with van der Waals surface area (Å²) in [5, 5.41) is 14.6. The van der Waals surface area contributed by atoms with Crippen molar-refractivity contribution in [2.75, 3.05) is 0 Å². The summed E-state index contributed by atoms with van der Waals surface area (Å²) in [6, 6.07) is 5.91. The molecule has 3 aromatic rings. The number of aliphatic hydroxyl groups is 1. The van der Waals surface area contributed by atoms with Crippen molar-refractivity contribution in [3.8, 4) is 0 Å². The van der Waals surface area contributed by atoms with E-state index in [9.17, 15) is 5.11 Å². The maximum atomic E-state index is 9.39. The Balaban J connectivity index is 1.91. The Morgan fingerprint density at radius 2 is 2.16 bits per heavy atom. The van der Waals surface area contributed by atoms with Gasteiger partial charge < -0.3 is 9.67 Å². The topological polar surface area (TPSA) is 55.9 Å². The molecule has 19 heavy (non-hydrogen) atoms. The van der Waals surface area contributed by atoms with Gasteiger partial charge in [-0.25, -0.2) is 4.98 Å². The molecule has 1 N–H and O–H groups in total. The lowest BCUT2D eigenvalue weighted by Crippen LogP contribution is -2.05. The summed E-state index contributed by atoms with van der Waals surface area (Å²) in [6.45, 7) is 0.869. The molecule has 5 nitrogen and oxygen atoms in total. The third-order valence-electron chi connectivity index (χ3n) is 3.42. The highest BCUT2D eigenvalue weighted by atomic mass is 16.3. The number of nitrogens with zero attached hydrogens (tertiary/aromatic N) is 4. The third-order valence-corrected chi connectivity index (χ3v) is 3.42. The minimum absolute atomic E-state index is 0.0426. The Labute approximate surface area is 111 Å². The lowest BCUT2D eigenvalue weighted by atomic mass is 10.2. The van der Waals surface area contributed by atoms with Crippen molar-refractivity contribution in [1.82, 2.24) is 19.3 Å². The van der Waals surface area contributed by atoms with Gasteiger partial charge in [-0.15, -0.1) is 0 Å². The van der Waals surface area contributed by atoms with Gasteiger partial charge in [-0.2, -0.15) is 5.10 Å². The van der Waals surface area contributed by atoms with E-state index >= 15 is 0 Å². The molecule has 0 bridgehead atoms. The highest BCUT2D eigenvalue weighted by Gasteiger charge is 2.08. The van der Waals surface area contributed by atoms with Gasteiger partial charge in [0.05, 0.1) is 6.61 Å². The standard InChI is InChI=1S/C14H16N4O/c1-17-12(4-7-16-17)5-8-18-9-11(10-19)13-3-2-6-15-14(13)18/h2-4,6-7,9,19H,5,8,10H2,1H3. The molecular weight excluding hydrogens is 240 g/mol. The van der Waals surface area contributed by atoms with Gasteiger partial charge in [0.15, 0.2) is 0 Å². The Kier molecular flexibility index (Phi) is 3.05. The lowest BCUT2D eigenvalue weighted by molar-refractivity contribution is 0.283. The summed E-state index contributed by atoms with van der Waals surface area (Å²) in [6.07, 6.45) is 6.46. The smallest absolute Gasteiger partial charge is 0.140 e. The second-order valence-electron chi connectivity index (χ2n) is 4.58. The fourth-order valence-corrected chi connectivity index (χ4v) is 2.37. The molecule has 3 rings (SSSR count). The van der Waals surface area contributed by atoms with Crippen LogP contribution in [0.4, 0.5) is 0 Å². The van der Waals surface area contributed by atoms with Crippen LogP contribution in [0.15, 0.2) is 36.8 Å². The molecule has 0 aliphatic rings. The Bertz CT molecular complexity index is 698. The van der Waals surface area contributed by atoms with Crippen LogP contribution < -0.4 is 0 Å². The second-order valence-corrected chi connectivity index (χ2v) is 4.58. The second kappa shape index (κ2) is 4.85. The number of aliphatic hydroxyl groups excluding tert-OH is 1. The Hall–Kier alpha value is -2.14. The molecule has 0 aliphatic carbocycles. The molecule has 0 fully saturated rings. The van der Waals surface area contributed by atoms with Crippen LogP contribution in [0.5, 0.6) is 0 Å². The zero-order valence-electron chi connectivity index (χ0n) is 10.8. The molecule has 5 heteroatoms. The molecule has 0 spiro atoms. The molecule has 0 saturated heterocycles. The van der Waals surface area contributed by atoms with Gasteiger partial charge >= 0.3 is 0 Å². The van der Waals surface area contributed by atoms with Crippen LogP contribution in [0.1, 0.15) is 11.3 Å². The number of aryl methyl sites for hydroxylation is 3. The van der Waals surface area contributed by atoms with Crippen molar-refractivity contribution in [2.24, 2.45) is 7.05 Å². The molecule has 98 valence electrons. The van der Waals surface area contributed by atoms with Crippen LogP contribution in [0.2, 0.25) is 0 Å². The average Bonchev–Trinajstić information content (AvgIpc) is 3.00. The van der Waals surface area contributed by atoms with E-state index < -0.39 is 0 Å². The summed E-state index contributed by atoms with van der Waals surface area (Å²) < 4.78 is 3.97. The van der Waals surface area contributed by atoms with E-state index in [1.54, 1.807) is 12.4 Å². The van der Waals surface area contributed by atoms with Crippen molar-refractivity contribution in [2.45, 2.75) is 19.6 Å². The first kappa shape index (κ1) is 11.9. The van der Waals surface area contributed by atoms with Gasteiger partial charge in [-0.05, 0) is 18.2 Å². The largest absolute Gasteiger partial charge is 0.392 e. The van der Waals surface area contributed by atoms with Crippen molar-refractivity contribution in [3.63, 3.8) is 0 Å². The summed E-state index contributed by atoms with van der Waals surface area (Å²) in [5.74, 6) is 0. The monoisotopic (exact) mass is 256 g/mol. The van der Waals surface area contributed by atoms with E-state index in [2.05, 4.69) is 14.6 Å². The summed E-state index contributed by atoms with van der Waals surface area (Å²) >= 11 is 0. The van der Waals surface area contributed by atoms with Crippen LogP contribution in [-0.2, 0) is 26.6 Å². The summed E-state index contributed by atoms with van der Waals surface area (Å²) in [7, 11) is 1.94. The van der Waals surface area contributed by atoms with Gasteiger partial charge in [0.25, 0.3) is 0 Å². The normalized spacial score (nSPS) is 11.3. The van der Waals surface area contributed by atoms with E-state index in [1.807, 2.05) is 36.1 Å². The van der Waals surface area contributed by atoms with Crippen LogP contribution in [-0.4, -0.2) is 24.4 Å².